The second-order valence-electron chi connectivity index (χ2n) is 3.89. The molecule has 1 aliphatic rings. The summed E-state index contributed by atoms with van der Waals surface area (Å²) in [6.45, 7) is 5.49. The van der Waals surface area contributed by atoms with Gasteiger partial charge in [0.15, 0.2) is 6.10 Å². The van der Waals surface area contributed by atoms with Crippen molar-refractivity contribution in [2.45, 2.75) is 32.3 Å². The van der Waals surface area contributed by atoms with Crippen LogP contribution in [0.2, 0.25) is 0 Å². The van der Waals surface area contributed by atoms with Crippen LogP contribution in [0.5, 0.6) is 0 Å². The minimum atomic E-state index is -0.384. The van der Waals surface area contributed by atoms with Crippen molar-refractivity contribution >= 4 is 5.97 Å². The van der Waals surface area contributed by atoms with Crippen molar-refractivity contribution in [2.75, 3.05) is 33.4 Å². The van der Waals surface area contributed by atoms with Crippen LogP contribution in [0.15, 0.2) is 0 Å². The third-order valence-electron chi connectivity index (χ3n) is 2.69. The van der Waals surface area contributed by atoms with E-state index in [2.05, 4.69) is 16.6 Å². The lowest BCUT2D eigenvalue weighted by atomic mass is 10.2. The van der Waals surface area contributed by atoms with Crippen LogP contribution < -0.4 is 0 Å². The number of unbranched alkanes of at least 4 members (excludes halogenated alkanes) is 2. The molecule has 88 valence electrons. The van der Waals surface area contributed by atoms with Crippen LogP contribution >= 0.6 is 0 Å². The quantitative estimate of drug-likeness (QED) is 0.507. The van der Waals surface area contributed by atoms with Crippen LogP contribution in [0.25, 0.3) is 0 Å². The number of ether oxygens (including phenoxy) is 2. The third-order valence-corrected chi connectivity index (χ3v) is 2.69. The van der Waals surface area contributed by atoms with E-state index < -0.39 is 0 Å². The number of esters is 1. The Bertz CT molecular complexity index is 196. The van der Waals surface area contributed by atoms with E-state index >= 15 is 0 Å². The molecule has 0 aliphatic carbocycles. The van der Waals surface area contributed by atoms with Crippen molar-refractivity contribution in [3.8, 4) is 0 Å². The second kappa shape index (κ2) is 6.80. The number of carbonyl (C=O) groups is 1. The minimum Gasteiger partial charge on any atom is -0.467 e. The van der Waals surface area contributed by atoms with E-state index in [0.717, 1.165) is 13.1 Å². The normalized spacial score (nSPS) is 22.7. The highest BCUT2D eigenvalue weighted by molar-refractivity contribution is 5.74. The first-order valence-electron chi connectivity index (χ1n) is 5.69. The van der Waals surface area contributed by atoms with Gasteiger partial charge in [0.1, 0.15) is 0 Å². The monoisotopic (exact) mass is 215 g/mol. The fraction of sp³-hybridized carbons (Fsp3) is 0.909. The molecule has 0 saturated carbocycles. The van der Waals surface area contributed by atoms with Crippen LogP contribution in [0, 0.1) is 0 Å². The molecule has 1 saturated heterocycles. The summed E-state index contributed by atoms with van der Waals surface area (Å²) >= 11 is 0. The van der Waals surface area contributed by atoms with Gasteiger partial charge in [-0.3, -0.25) is 4.90 Å². The van der Waals surface area contributed by atoms with Gasteiger partial charge in [-0.05, 0) is 13.0 Å². The van der Waals surface area contributed by atoms with E-state index in [1.54, 1.807) is 0 Å². The standard InChI is InChI=1S/C11H21NO3/c1-3-4-5-6-12-7-8-15-10(9-12)11(13)14-2/h10H,3-9H2,1-2H3. The molecule has 1 fully saturated rings. The molecule has 1 unspecified atom stereocenters. The molecule has 15 heavy (non-hydrogen) atoms. The molecule has 0 N–H and O–H groups in total. The summed E-state index contributed by atoms with van der Waals surface area (Å²) in [5.41, 5.74) is 0. The molecule has 0 amide bonds. The van der Waals surface area contributed by atoms with Crippen molar-refractivity contribution in [3.63, 3.8) is 0 Å². The van der Waals surface area contributed by atoms with Gasteiger partial charge in [-0.2, -0.15) is 0 Å². The number of nitrogens with zero attached hydrogens (tertiary/aromatic N) is 1. The average molecular weight is 215 g/mol. The Hall–Kier alpha value is -0.610. The van der Waals surface area contributed by atoms with Gasteiger partial charge in [-0.15, -0.1) is 0 Å². The largest absolute Gasteiger partial charge is 0.467 e. The van der Waals surface area contributed by atoms with Crippen molar-refractivity contribution in [2.24, 2.45) is 0 Å². The Morgan fingerprint density at radius 1 is 1.53 bits per heavy atom. The first-order valence-corrected chi connectivity index (χ1v) is 5.69. The topological polar surface area (TPSA) is 38.8 Å². The molecule has 0 spiro atoms. The molecular weight excluding hydrogens is 194 g/mol. The Morgan fingerprint density at radius 2 is 2.33 bits per heavy atom. The highest BCUT2D eigenvalue weighted by atomic mass is 16.6. The highest BCUT2D eigenvalue weighted by Crippen LogP contribution is 2.08. The van der Waals surface area contributed by atoms with Crippen LogP contribution in [-0.4, -0.2) is 50.3 Å². The number of methoxy groups -OCH3 is 1. The smallest absolute Gasteiger partial charge is 0.336 e. The number of morpholine rings is 1. The first-order chi connectivity index (χ1) is 7.27. The van der Waals surface area contributed by atoms with E-state index in [-0.39, 0.29) is 12.1 Å². The third kappa shape index (κ3) is 4.18. The summed E-state index contributed by atoms with van der Waals surface area (Å²) in [5.74, 6) is -0.254. The molecule has 1 atom stereocenters. The lowest BCUT2D eigenvalue weighted by Gasteiger charge is -2.31. The predicted octanol–water partition coefficient (Wildman–Crippen LogP) is 1.05. The molecule has 0 bridgehead atoms. The molecule has 1 heterocycles. The fourth-order valence-electron chi connectivity index (χ4n) is 1.77. The summed E-state index contributed by atoms with van der Waals surface area (Å²) in [5, 5.41) is 0. The molecule has 1 rings (SSSR count). The molecular formula is C11H21NO3. The zero-order valence-electron chi connectivity index (χ0n) is 9.70. The van der Waals surface area contributed by atoms with Gasteiger partial charge in [0.2, 0.25) is 0 Å². The van der Waals surface area contributed by atoms with Gasteiger partial charge in [-0.25, -0.2) is 4.79 Å². The molecule has 1 aliphatic heterocycles. The Balaban J connectivity index is 2.26. The molecule has 4 heteroatoms. The Morgan fingerprint density at radius 3 is 3.00 bits per heavy atom. The predicted molar refractivity (Wildman–Crippen MR) is 57.7 cm³/mol. The van der Waals surface area contributed by atoms with Crippen LogP contribution in [-0.2, 0) is 14.3 Å². The minimum absolute atomic E-state index is 0.254. The van der Waals surface area contributed by atoms with Gasteiger partial charge < -0.3 is 9.47 Å². The van der Waals surface area contributed by atoms with E-state index in [4.69, 9.17) is 4.74 Å². The maximum absolute atomic E-state index is 11.3. The summed E-state index contributed by atoms with van der Waals surface area (Å²) in [7, 11) is 1.40. The Kier molecular flexibility index (Phi) is 5.65. The van der Waals surface area contributed by atoms with Crippen molar-refractivity contribution in [1.82, 2.24) is 4.90 Å². The maximum Gasteiger partial charge on any atom is 0.336 e. The van der Waals surface area contributed by atoms with Gasteiger partial charge in [0.25, 0.3) is 0 Å². The summed E-state index contributed by atoms with van der Waals surface area (Å²) in [4.78, 5) is 13.5. The van der Waals surface area contributed by atoms with Crippen molar-refractivity contribution in [3.05, 3.63) is 0 Å². The van der Waals surface area contributed by atoms with Gasteiger partial charge >= 0.3 is 5.97 Å². The average Bonchev–Trinajstić information content (AvgIpc) is 2.29. The Labute approximate surface area is 91.5 Å². The lowest BCUT2D eigenvalue weighted by Crippen LogP contribution is -2.46. The van der Waals surface area contributed by atoms with Crippen LogP contribution in [0.3, 0.4) is 0 Å². The fourth-order valence-corrected chi connectivity index (χ4v) is 1.77. The van der Waals surface area contributed by atoms with E-state index in [1.165, 1.54) is 26.4 Å². The lowest BCUT2D eigenvalue weighted by molar-refractivity contribution is -0.159. The summed E-state index contributed by atoms with van der Waals surface area (Å²) < 4.78 is 10.0. The van der Waals surface area contributed by atoms with Gasteiger partial charge in [0, 0.05) is 13.1 Å². The second-order valence-corrected chi connectivity index (χ2v) is 3.89. The number of hydrogen-bond donors (Lipinski definition) is 0. The SMILES string of the molecule is CCCCCN1CCOC(C(=O)OC)C1. The number of hydrogen-bond acceptors (Lipinski definition) is 4. The molecule has 0 aromatic heterocycles. The molecule has 0 aromatic carbocycles. The number of rotatable bonds is 5. The van der Waals surface area contributed by atoms with E-state index in [9.17, 15) is 4.79 Å². The number of carbonyl (C=O) groups excluding carboxylic acids is 1. The van der Waals surface area contributed by atoms with Crippen molar-refractivity contribution < 1.29 is 14.3 Å². The zero-order chi connectivity index (χ0) is 11.1. The first kappa shape index (κ1) is 12.5. The summed E-state index contributed by atoms with van der Waals surface area (Å²) in [6.07, 6.45) is 3.29. The molecule has 4 nitrogen and oxygen atoms in total. The molecule has 0 aromatic rings. The van der Waals surface area contributed by atoms with Gasteiger partial charge in [-0.1, -0.05) is 19.8 Å². The maximum atomic E-state index is 11.3. The van der Waals surface area contributed by atoms with Crippen LogP contribution in [0.4, 0.5) is 0 Å². The van der Waals surface area contributed by atoms with E-state index in [0.29, 0.717) is 13.2 Å². The molecule has 0 radical (unpaired) electrons. The summed E-state index contributed by atoms with van der Waals surface area (Å²) in [6, 6.07) is 0. The van der Waals surface area contributed by atoms with Gasteiger partial charge in [0.05, 0.1) is 13.7 Å². The van der Waals surface area contributed by atoms with Crippen LogP contribution in [0.1, 0.15) is 26.2 Å². The van der Waals surface area contributed by atoms with E-state index in [1.807, 2.05) is 0 Å². The highest BCUT2D eigenvalue weighted by Gasteiger charge is 2.26. The van der Waals surface area contributed by atoms with Crippen molar-refractivity contribution in [1.29, 1.82) is 0 Å². The zero-order valence-corrected chi connectivity index (χ0v) is 9.70.